The maximum atomic E-state index is 12.5. The molecule has 0 bridgehead atoms. The molecule has 0 unspecified atom stereocenters. The van der Waals surface area contributed by atoms with Crippen LogP contribution in [-0.2, 0) is 0 Å². The molecule has 0 saturated carbocycles. The van der Waals surface area contributed by atoms with Crippen LogP contribution in [0, 0.1) is 7.14 Å². The molecule has 1 amide bonds. The lowest BCUT2D eigenvalue weighted by molar-refractivity contribution is 0.102. The van der Waals surface area contributed by atoms with Crippen molar-refractivity contribution in [1.82, 2.24) is 4.98 Å². The number of hydrogen-bond donors (Lipinski definition) is 1. The van der Waals surface area contributed by atoms with E-state index in [1.54, 1.807) is 11.3 Å². The third-order valence-electron chi connectivity index (χ3n) is 3.86. The second kappa shape index (κ2) is 7.61. The van der Waals surface area contributed by atoms with E-state index in [1.807, 2.05) is 60.7 Å². The quantitative estimate of drug-likeness (QED) is 0.284. The van der Waals surface area contributed by atoms with Crippen molar-refractivity contribution in [3.8, 4) is 10.6 Å². The Morgan fingerprint density at radius 3 is 2.50 bits per heavy atom. The summed E-state index contributed by atoms with van der Waals surface area (Å²) < 4.78 is 3.15. The van der Waals surface area contributed by atoms with E-state index >= 15 is 0 Å². The van der Waals surface area contributed by atoms with E-state index in [9.17, 15) is 4.79 Å². The number of anilines is 1. The number of nitrogens with one attached hydrogen (secondary N) is 1. The average Bonchev–Trinajstić information content (AvgIpc) is 3.08. The van der Waals surface area contributed by atoms with Crippen LogP contribution in [0.5, 0.6) is 0 Å². The van der Waals surface area contributed by atoms with Crippen LogP contribution in [0.1, 0.15) is 10.4 Å². The van der Waals surface area contributed by atoms with Crippen molar-refractivity contribution in [3.05, 3.63) is 79.4 Å². The largest absolute Gasteiger partial charge is 0.322 e. The fraction of sp³-hybridized carbons (Fsp3) is 0. The van der Waals surface area contributed by atoms with Crippen molar-refractivity contribution in [2.75, 3.05) is 5.32 Å². The van der Waals surface area contributed by atoms with Crippen molar-refractivity contribution in [3.63, 3.8) is 0 Å². The summed E-state index contributed by atoms with van der Waals surface area (Å²) in [4.78, 5) is 17.2. The van der Waals surface area contributed by atoms with Crippen molar-refractivity contribution in [2.45, 2.75) is 0 Å². The van der Waals surface area contributed by atoms with Gasteiger partial charge in [0.15, 0.2) is 0 Å². The molecule has 3 nitrogen and oxygen atoms in total. The topological polar surface area (TPSA) is 42.0 Å². The van der Waals surface area contributed by atoms with Crippen LogP contribution >= 0.6 is 56.5 Å². The number of halogens is 2. The fourth-order valence-electron chi connectivity index (χ4n) is 2.56. The molecule has 0 saturated heterocycles. The van der Waals surface area contributed by atoms with E-state index in [-0.39, 0.29) is 5.91 Å². The lowest BCUT2D eigenvalue weighted by atomic mass is 10.2. The Hall–Kier alpha value is -1.52. The summed E-state index contributed by atoms with van der Waals surface area (Å²) in [7, 11) is 0. The Kier molecular flexibility index (Phi) is 5.23. The highest BCUT2D eigenvalue weighted by Gasteiger charge is 2.11. The number of fused-ring (bicyclic) bond motifs is 1. The highest BCUT2D eigenvalue weighted by Crippen LogP contribution is 2.30. The number of hydrogen-bond acceptors (Lipinski definition) is 3. The Balaban J connectivity index is 1.56. The van der Waals surface area contributed by atoms with E-state index < -0.39 is 0 Å². The number of rotatable bonds is 3. The summed E-state index contributed by atoms with van der Waals surface area (Å²) in [5.74, 6) is -0.0966. The molecular formula is C20H12I2N2OS. The molecule has 0 aliphatic rings. The Morgan fingerprint density at radius 2 is 1.73 bits per heavy atom. The zero-order valence-electron chi connectivity index (χ0n) is 13.4. The van der Waals surface area contributed by atoms with E-state index in [1.165, 1.54) is 4.70 Å². The van der Waals surface area contributed by atoms with Gasteiger partial charge in [-0.3, -0.25) is 4.79 Å². The smallest absolute Gasteiger partial charge is 0.256 e. The van der Waals surface area contributed by atoms with Gasteiger partial charge in [0.25, 0.3) is 5.91 Å². The molecular weight excluding hydrogens is 570 g/mol. The molecule has 1 aromatic heterocycles. The second-order valence-corrected chi connectivity index (χ2v) is 9.08. The minimum atomic E-state index is -0.0966. The predicted molar refractivity (Wildman–Crippen MR) is 125 cm³/mol. The van der Waals surface area contributed by atoms with Gasteiger partial charge in [-0.15, -0.1) is 11.3 Å². The molecule has 1 heterocycles. The van der Waals surface area contributed by atoms with Crippen LogP contribution in [0.4, 0.5) is 5.69 Å². The molecule has 0 spiro atoms. The standard InChI is InChI=1S/C20H12I2N2OS/c21-13-7-10-16(22)15(11-13)19(25)23-14-8-5-12(6-9-14)20-24-17-3-1-2-4-18(17)26-20/h1-11H,(H,23,25). The maximum Gasteiger partial charge on any atom is 0.256 e. The van der Waals surface area contributed by atoms with E-state index in [2.05, 4.69) is 61.5 Å². The lowest BCUT2D eigenvalue weighted by Crippen LogP contribution is -2.13. The van der Waals surface area contributed by atoms with Gasteiger partial charge in [-0.25, -0.2) is 4.98 Å². The van der Waals surface area contributed by atoms with Crippen molar-refractivity contribution >= 4 is 78.3 Å². The van der Waals surface area contributed by atoms with Crippen molar-refractivity contribution in [2.24, 2.45) is 0 Å². The fourth-order valence-corrected chi connectivity index (χ4v) is 4.60. The van der Waals surface area contributed by atoms with Crippen LogP contribution in [0.3, 0.4) is 0 Å². The molecule has 0 fully saturated rings. The van der Waals surface area contributed by atoms with Gasteiger partial charge in [0.2, 0.25) is 0 Å². The molecule has 4 aromatic rings. The Morgan fingerprint density at radius 1 is 0.962 bits per heavy atom. The van der Waals surface area contributed by atoms with Gasteiger partial charge >= 0.3 is 0 Å². The van der Waals surface area contributed by atoms with Crippen molar-refractivity contribution < 1.29 is 4.79 Å². The van der Waals surface area contributed by atoms with E-state index in [0.717, 1.165) is 28.9 Å². The van der Waals surface area contributed by atoms with Gasteiger partial charge in [0.05, 0.1) is 15.8 Å². The van der Waals surface area contributed by atoms with Gasteiger partial charge in [-0.2, -0.15) is 0 Å². The zero-order valence-corrected chi connectivity index (χ0v) is 18.5. The molecule has 0 radical (unpaired) electrons. The molecule has 26 heavy (non-hydrogen) atoms. The first kappa shape index (κ1) is 17.9. The third-order valence-corrected chi connectivity index (χ3v) is 6.55. The van der Waals surface area contributed by atoms with Crippen LogP contribution in [0.25, 0.3) is 20.8 Å². The van der Waals surface area contributed by atoms with Crippen LogP contribution in [0.15, 0.2) is 66.7 Å². The monoisotopic (exact) mass is 582 g/mol. The van der Waals surface area contributed by atoms with Gasteiger partial charge in [0, 0.05) is 18.4 Å². The summed E-state index contributed by atoms with van der Waals surface area (Å²) >= 11 is 6.07. The SMILES string of the molecule is O=C(Nc1ccc(-c2nc3ccccc3s2)cc1)c1cc(I)ccc1I. The first-order chi connectivity index (χ1) is 12.6. The van der Waals surface area contributed by atoms with Crippen LogP contribution < -0.4 is 5.32 Å². The summed E-state index contributed by atoms with van der Waals surface area (Å²) in [6, 6.07) is 21.8. The number of carbonyl (C=O) groups excluding carboxylic acids is 1. The summed E-state index contributed by atoms with van der Waals surface area (Å²) in [6.07, 6.45) is 0. The molecule has 0 aliphatic heterocycles. The second-order valence-electron chi connectivity index (χ2n) is 5.64. The van der Waals surface area contributed by atoms with Gasteiger partial charge in [0.1, 0.15) is 5.01 Å². The minimum Gasteiger partial charge on any atom is -0.322 e. The predicted octanol–water partition coefficient (Wildman–Crippen LogP) is 6.42. The zero-order chi connectivity index (χ0) is 18.1. The molecule has 0 atom stereocenters. The van der Waals surface area contributed by atoms with Crippen molar-refractivity contribution in [1.29, 1.82) is 0 Å². The lowest BCUT2D eigenvalue weighted by Gasteiger charge is -2.08. The average molecular weight is 582 g/mol. The van der Waals surface area contributed by atoms with Gasteiger partial charge < -0.3 is 5.32 Å². The summed E-state index contributed by atoms with van der Waals surface area (Å²) in [6.45, 7) is 0. The van der Waals surface area contributed by atoms with E-state index in [0.29, 0.717) is 5.56 Å². The molecule has 6 heteroatoms. The molecule has 1 N–H and O–H groups in total. The number of para-hydroxylation sites is 1. The normalized spacial score (nSPS) is 10.8. The number of aromatic nitrogens is 1. The molecule has 4 rings (SSSR count). The number of carbonyl (C=O) groups is 1. The number of benzene rings is 3. The maximum absolute atomic E-state index is 12.5. The highest BCUT2D eigenvalue weighted by molar-refractivity contribution is 14.1. The minimum absolute atomic E-state index is 0.0966. The third kappa shape index (κ3) is 3.77. The molecule has 3 aromatic carbocycles. The highest BCUT2D eigenvalue weighted by atomic mass is 127. The molecule has 0 aliphatic carbocycles. The first-order valence-corrected chi connectivity index (χ1v) is 10.8. The van der Waals surface area contributed by atoms with Crippen LogP contribution in [0.2, 0.25) is 0 Å². The van der Waals surface area contributed by atoms with Gasteiger partial charge in [-0.1, -0.05) is 12.1 Å². The first-order valence-electron chi connectivity index (χ1n) is 7.82. The van der Waals surface area contributed by atoms with Crippen LogP contribution in [-0.4, -0.2) is 10.9 Å². The number of nitrogens with zero attached hydrogens (tertiary/aromatic N) is 1. The number of amides is 1. The Bertz CT molecular complexity index is 1070. The summed E-state index contributed by atoms with van der Waals surface area (Å²) in [5.41, 5.74) is 3.52. The Labute approximate surface area is 182 Å². The number of thiazole rings is 1. The molecule has 128 valence electrons. The summed E-state index contributed by atoms with van der Waals surface area (Å²) in [5, 5.41) is 3.95. The van der Waals surface area contributed by atoms with Gasteiger partial charge in [-0.05, 0) is 99.8 Å². The van der Waals surface area contributed by atoms with E-state index in [4.69, 9.17) is 0 Å².